The van der Waals surface area contributed by atoms with E-state index in [4.69, 9.17) is 6.57 Å². The van der Waals surface area contributed by atoms with Crippen molar-refractivity contribution in [2.75, 3.05) is 0 Å². The van der Waals surface area contributed by atoms with Gasteiger partial charge in [-0.05, 0) is 92.3 Å². The molecule has 12 heteroatoms. The van der Waals surface area contributed by atoms with Gasteiger partial charge in [-0.3, -0.25) is 0 Å². The van der Waals surface area contributed by atoms with Crippen LogP contribution in [0.2, 0.25) is 0 Å². The van der Waals surface area contributed by atoms with Gasteiger partial charge in [-0.2, -0.15) is 43.2 Å². The third-order valence-electron chi connectivity index (χ3n) is 8.33. The summed E-state index contributed by atoms with van der Waals surface area (Å²) in [6.07, 6.45) is -7.93. The average molecular weight is 655 g/mol. The Morgan fingerprint density at radius 1 is 0.521 bits per heavy atom. The van der Waals surface area contributed by atoms with Crippen LogP contribution in [0.4, 0.5) is 35.1 Å². The first-order valence-corrected chi connectivity index (χ1v) is 13.9. The SMILES string of the molecule is [C-]#[N+]/N=c1/c2cc(-c3ccc(C(F)(F)F)c(F)c3)ccc2c2cc3c(=NC#N)c4cc(-c5ccc(C(F)(F)F)c(F)c5)ccc4c3cc12. The zero-order valence-corrected chi connectivity index (χ0v) is 23.9. The van der Waals surface area contributed by atoms with Crippen molar-refractivity contribution < 1.29 is 35.1 Å². The van der Waals surface area contributed by atoms with E-state index in [1.54, 1.807) is 54.7 Å². The summed E-state index contributed by atoms with van der Waals surface area (Å²) in [5.74, 6) is -2.85. The predicted molar refractivity (Wildman–Crippen MR) is 163 cm³/mol. The lowest BCUT2D eigenvalue weighted by Crippen LogP contribution is -2.07. The third kappa shape index (κ3) is 4.81. The summed E-state index contributed by atoms with van der Waals surface area (Å²) in [5, 5.41) is 18.7. The minimum atomic E-state index is -4.86. The lowest BCUT2D eigenvalue weighted by atomic mass is 10.0. The summed E-state index contributed by atoms with van der Waals surface area (Å²) in [6, 6.07) is 18.5. The van der Waals surface area contributed by atoms with E-state index in [0.717, 1.165) is 24.3 Å². The summed E-state index contributed by atoms with van der Waals surface area (Å²) in [5.41, 5.74) is -1.63. The molecule has 0 atom stereocenters. The van der Waals surface area contributed by atoms with Crippen molar-refractivity contribution in [2.24, 2.45) is 10.1 Å². The van der Waals surface area contributed by atoms with Crippen LogP contribution >= 0.6 is 0 Å². The second-order valence-corrected chi connectivity index (χ2v) is 11.0. The Morgan fingerprint density at radius 2 is 0.917 bits per heavy atom. The summed E-state index contributed by atoms with van der Waals surface area (Å²) < 4.78 is 108. The zero-order valence-electron chi connectivity index (χ0n) is 23.9. The minimum Gasteiger partial charge on any atom is -0.206 e. The van der Waals surface area contributed by atoms with Crippen LogP contribution in [0.15, 0.2) is 95.0 Å². The van der Waals surface area contributed by atoms with Crippen LogP contribution in [0.1, 0.15) is 11.1 Å². The molecule has 7 aromatic rings. The molecule has 0 fully saturated rings. The number of alkyl halides is 6. The minimum absolute atomic E-state index is 0.183. The van der Waals surface area contributed by atoms with Gasteiger partial charge in [0.25, 0.3) is 0 Å². The molecule has 0 aromatic heterocycles. The first-order valence-electron chi connectivity index (χ1n) is 13.9. The van der Waals surface area contributed by atoms with E-state index in [1.165, 1.54) is 0 Å². The second kappa shape index (κ2) is 10.7. The Labute approximate surface area is 264 Å². The molecule has 0 N–H and O–H groups in total. The monoisotopic (exact) mass is 654 g/mol. The number of hydrogen-bond donors (Lipinski definition) is 0. The van der Waals surface area contributed by atoms with Gasteiger partial charge >= 0.3 is 12.4 Å². The molecule has 0 saturated heterocycles. The highest BCUT2D eigenvalue weighted by molar-refractivity contribution is 6.21. The normalized spacial score (nSPS) is 13.2. The molecule has 4 nitrogen and oxygen atoms in total. The van der Waals surface area contributed by atoms with Crippen molar-refractivity contribution >= 4 is 43.1 Å². The van der Waals surface area contributed by atoms with Crippen LogP contribution in [0.5, 0.6) is 0 Å². The van der Waals surface area contributed by atoms with Gasteiger partial charge in [-0.1, -0.05) is 36.4 Å². The molecule has 0 heterocycles. The highest BCUT2D eigenvalue weighted by atomic mass is 19.4. The number of nitriles is 1. The Balaban J connectivity index is 1.45. The molecule has 0 spiro atoms. The quantitative estimate of drug-likeness (QED) is 0.0793. The molecule has 0 saturated carbocycles. The van der Waals surface area contributed by atoms with Gasteiger partial charge < -0.3 is 0 Å². The molecular weight excluding hydrogens is 640 g/mol. The molecule has 0 amide bonds. The number of fused-ring (bicyclic) bond motifs is 6. The van der Waals surface area contributed by atoms with Crippen LogP contribution in [-0.2, 0) is 12.4 Å². The van der Waals surface area contributed by atoms with E-state index in [0.29, 0.717) is 66.3 Å². The van der Waals surface area contributed by atoms with Crippen LogP contribution < -0.4 is 10.7 Å². The lowest BCUT2D eigenvalue weighted by molar-refractivity contribution is -0.140. The fraction of sp³-hybridized carbons (Fsp3) is 0.0556. The van der Waals surface area contributed by atoms with Crippen molar-refractivity contribution in [3.05, 3.63) is 130 Å². The molecule has 0 aliphatic heterocycles. The van der Waals surface area contributed by atoms with E-state index in [2.05, 4.69) is 15.0 Å². The molecule has 0 bridgehead atoms. The number of hydrogen-bond acceptors (Lipinski definition) is 3. The molecule has 0 aliphatic carbocycles. The Kier molecular flexibility index (Phi) is 6.81. The number of nitrogens with zero attached hydrogens (tertiary/aromatic N) is 4. The Bertz CT molecular complexity index is 2510. The maximum atomic E-state index is 14.4. The van der Waals surface area contributed by atoms with E-state index < -0.39 is 35.1 Å². The van der Waals surface area contributed by atoms with Crippen LogP contribution in [-0.4, -0.2) is 0 Å². The first kappa shape index (κ1) is 30.5. The number of halogens is 8. The summed E-state index contributed by atoms with van der Waals surface area (Å²) in [7, 11) is 0. The summed E-state index contributed by atoms with van der Waals surface area (Å²) in [4.78, 5) is 7.24. The molecule has 7 aromatic carbocycles. The van der Waals surface area contributed by atoms with E-state index in [9.17, 15) is 40.4 Å². The van der Waals surface area contributed by atoms with Crippen LogP contribution in [0, 0.1) is 29.7 Å². The van der Waals surface area contributed by atoms with Crippen molar-refractivity contribution in [2.45, 2.75) is 12.4 Å². The molecule has 48 heavy (non-hydrogen) atoms. The van der Waals surface area contributed by atoms with Crippen molar-refractivity contribution in [1.29, 1.82) is 5.26 Å². The lowest BCUT2D eigenvalue weighted by Gasteiger charge is -2.09. The van der Waals surface area contributed by atoms with Crippen LogP contribution in [0.3, 0.4) is 0 Å². The molecule has 0 radical (unpaired) electrons. The fourth-order valence-corrected chi connectivity index (χ4v) is 6.21. The van der Waals surface area contributed by atoms with Gasteiger partial charge in [0, 0.05) is 21.5 Å². The van der Waals surface area contributed by atoms with Crippen molar-refractivity contribution in [3.63, 3.8) is 0 Å². The zero-order chi connectivity index (χ0) is 34.1. The highest BCUT2D eigenvalue weighted by Gasteiger charge is 2.35. The molecule has 234 valence electrons. The van der Waals surface area contributed by atoms with Gasteiger partial charge in [0.1, 0.15) is 11.6 Å². The van der Waals surface area contributed by atoms with Crippen molar-refractivity contribution in [1.82, 2.24) is 0 Å². The second-order valence-electron chi connectivity index (χ2n) is 11.0. The first-order chi connectivity index (χ1) is 22.8. The summed E-state index contributed by atoms with van der Waals surface area (Å²) in [6.45, 7) is 7.44. The summed E-state index contributed by atoms with van der Waals surface area (Å²) >= 11 is 0. The average Bonchev–Trinajstić information content (AvgIpc) is 3.49. The van der Waals surface area contributed by atoms with Gasteiger partial charge in [-0.15, -0.1) is 4.95 Å². The molecule has 7 rings (SSSR count). The van der Waals surface area contributed by atoms with Gasteiger partial charge in [0.05, 0.1) is 21.6 Å². The smallest absolute Gasteiger partial charge is 0.206 e. The largest absolute Gasteiger partial charge is 0.419 e. The van der Waals surface area contributed by atoms with Gasteiger partial charge in [0.2, 0.25) is 6.19 Å². The molecule has 0 aliphatic rings. The Hall–Kier alpha value is -6.14. The standard InChI is InChI=1S/C36H14F8N4/c1-46-48-34-26-11-18(20-5-9-30(32(38)13-20)36(42,43)44)3-7-22(26)24-14-27-23(15-28(24)34)21-6-2-17(10-25(21)33(27)47-16-45)19-4-8-29(31(37)12-19)35(39,40)41/h2-15H/b47-33?,48-34-. The maximum absolute atomic E-state index is 14.4. The van der Waals surface area contributed by atoms with E-state index in [1.807, 2.05) is 0 Å². The number of benzene rings is 5. The van der Waals surface area contributed by atoms with Gasteiger partial charge in [-0.25, -0.2) is 8.78 Å². The molecular formula is C36H14F8N4. The van der Waals surface area contributed by atoms with Gasteiger partial charge in [0.15, 0.2) is 5.36 Å². The van der Waals surface area contributed by atoms with E-state index >= 15 is 0 Å². The van der Waals surface area contributed by atoms with Crippen molar-refractivity contribution in [3.8, 4) is 28.4 Å². The topological polar surface area (TPSA) is 52.9 Å². The van der Waals surface area contributed by atoms with E-state index in [-0.39, 0.29) is 21.8 Å². The van der Waals surface area contributed by atoms with Crippen LogP contribution in [0.25, 0.3) is 70.3 Å². The maximum Gasteiger partial charge on any atom is 0.419 e. The predicted octanol–water partition coefficient (Wildman–Crippen LogP) is 9.94. The highest BCUT2D eigenvalue weighted by Crippen LogP contribution is 2.38. The Morgan fingerprint density at radius 3 is 1.33 bits per heavy atom. The third-order valence-corrected chi connectivity index (χ3v) is 8.33. The number of rotatable bonds is 2. The fourth-order valence-electron chi connectivity index (χ4n) is 6.21. The molecule has 0 unspecified atom stereocenters.